The molecule has 1 aliphatic rings. The summed E-state index contributed by atoms with van der Waals surface area (Å²) in [4.78, 5) is 34.6. The summed E-state index contributed by atoms with van der Waals surface area (Å²) < 4.78 is 0. The molecule has 1 N–H and O–H groups in total. The Hall–Kier alpha value is -3.06. The molecule has 1 fully saturated rings. The van der Waals surface area contributed by atoms with E-state index in [1.807, 2.05) is 24.3 Å². The zero-order valence-corrected chi connectivity index (χ0v) is 16.8. The maximum absolute atomic E-state index is 12.3. The molecule has 1 saturated heterocycles. The minimum atomic E-state index is -0.0964. The third-order valence-corrected chi connectivity index (χ3v) is 5.80. The Balaban J connectivity index is 1.24. The number of carbonyl (C=O) groups excluding carboxylic acids is 2. The van der Waals surface area contributed by atoms with Gasteiger partial charge in [0.15, 0.2) is 0 Å². The second kappa shape index (κ2) is 8.96. The molecule has 0 radical (unpaired) electrons. The van der Waals surface area contributed by atoms with E-state index in [-0.39, 0.29) is 11.8 Å². The van der Waals surface area contributed by atoms with Crippen LogP contribution in [0.1, 0.15) is 34.6 Å². The molecule has 0 unspecified atom stereocenters. The fourth-order valence-corrected chi connectivity index (χ4v) is 4.19. The summed E-state index contributed by atoms with van der Waals surface area (Å²) in [7, 11) is 0. The number of aromatic nitrogens is 2. The summed E-state index contributed by atoms with van der Waals surface area (Å²) in [6.45, 7) is 1.35. The number of nitrogens with zero attached hydrogens (tertiary/aromatic N) is 3. The van der Waals surface area contributed by atoms with Crippen LogP contribution in [0, 0.1) is 0 Å². The third kappa shape index (κ3) is 4.68. The van der Waals surface area contributed by atoms with Crippen LogP contribution in [0.5, 0.6) is 0 Å². The van der Waals surface area contributed by atoms with Gasteiger partial charge in [0.2, 0.25) is 5.91 Å². The lowest BCUT2D eigenvalue weighted by molar-refractivity contribution is -0.117. The van der Waals surface area contributed by atoms with Gasteiger partial charge in [0, 0.05) is 60.5 Å². The Morgan fingerprint density at radius 1 is 1.14 bits per heavy atom. The van der Waals surface area contributed by atoms with E-state index in [0.717, 1.165) is 47.8 Å². The molecule has 7 heteroatoms. The smallest absolute Gasteiger partial charge is 0.251 e. The van der Waals surface area contributed by atoms with Gasteiger partial charge in [-0.1, -0.05) is 0 Å². The van der Waals surface area contributed by atoms with Crippen LogP contribution in [-0.2, 0) is 11.2 Å². The normalized spacial score (nSPS) is 13.7. The van der Waals surface area contributed by atoms with E-state index in [2.05, 4.69) is 20.7 Å². The van der Waals surface area contributed by atoms with Crippen LogP contribution >= 0.6 is 11.3 Å². The van der Waals surface area contributed by atoms with Gasteiger partial charge in [0.25, 0.3) is 5.91 Å². The van der Waals surface area contributed by atoms with Crippen LogP contribution in [0.3, 0.4) is 0 Å². The second-order valence-corrected chi connectivity index (χ2v) is 7.86. The second-order valence-electron chi connectivity index (χ2n) is 6.92. The number of pyridine rings is 1. The minimum absolute atomic E-state index is 0.0964. The van der Waals surface area contributed by atoms with Gasteiger partial charge in [-0.3, -0.25) is 14.6 Å². The predicted molar refractivity (Wildman–Crippen MR) is 114 cm³/mol. The first-order valence-corrected chi connectivity index (χ1v) is 10.6. The lowest BCUT2D eigenvalue weighted by Crippen LogP contribution is -2.25. The summed E-state index contributed by atoms with van der Waals surface area (Å²) in [5.41, 5.74) is 3.50. The Morgan fingerprint density at radius 2 is 1.93 bits per heavy atom. The number of rotatable bonds is 7. The van der Waals surface area contributed by atoms with Crippen LogP contribution in [0.4, 0.5) is 5.69 Å². The monoisotopic (exact) mass is 406 g/mol. The third-order valence-electron chi connectivity index (χ3n) is 4.90. The van der Waals surface area contributed by atoms with Crippen molar-refractivity contribution in [2.75, 3.05) is 18.0 Å². The van der Waals surface area contributed by atoms with Crippen molar-refractivity contribution in [3.05, 3.63) is 64.7 Å². The fourth-order valence-electron chi connectivity index (χ4n) is 3.34. The molecule has 29 heavy (non-hydrogen) atoms. The average molecular weight is 407 g/mol. The Morgan fingerprint density at radius 3 is 2.66 bits per heavy atom. The molecule has 3 aromatic rings. The van der Waals surface area contributed by atoms with Gasteiger partial charge >= 0.3 is 0 Å². The van der Waals surface area contributed by atoms with Crippen molar-refractivity contribution >= 4 is 28.8 Å². The van der Waals surface area contributed by atoms with Crippen molar-refractivity contribution in [1.82, 2.24) is 15.3 Å². The SMILES string of the molecule is O=C(NCCCc1nc(-c2ccncc2)cs1)c1ccc(N2CCCC2=O)cc1. The molecule has 6 nitrogen and oxygen atoms in total. The van der Waals surface area contributed by atoms with Gasteiger partial charge in [-0.2, -0.15) is 0 Å². The summed E-state index contributed by atoms with van der Waals surface area (Å²) in [6, 6.07) is 11.1. The van der Waals surface area contributed by atoms with Crippen molar-refractivity contribution in [3.8, 4) is 11.3 Å². The van der Waals surface area contributed by atoms with Gasteiger partial charge in [-0.05, 0) is 49.2 Å². The number of anilines is 1. The number of benzene rings is 1. The molecule has 4 rings (SSSR count). The van der Waals surface area contributed by atoms with Crippen LogP contribution in [0.15, 0.2) is 54.2 Å². The highest BCUT2D eigenvalue weighted by Gasteiger charge is 2.21. The number of nitrogens with one attached hydrogen (secondary N) is 1. The van der Waals surface area contributed by atoms with Crippen LogP contribution in [0.2, 0.25) is 0 Å². The van der Waals surface area contributed by atoms with E-state index in [9.17, 15) is 9.59 Å². The summed E-state index contributed by atoms with van der Waals surface area (Å²) in [5, 5.41) is 6.07. The van der Waals surface area contributed by atoms with Gasteiger partial charge in [0.05, 0.1) is 10.7 Å². The van der Waals surface area contributed by atoms with Crippen molar-refractivity contribution in [3.63, 3.8) is 0 Å². The Bertz CT molecular complexity index is 986. The summed E-state index contributed by atoms with van der Waals surface area (Å²) >= 11 is 1.64. The number of carbonyl (C=O) groups is 2. The highest BCUT2D eigenvalue weighted by atomic mass is 32.1. The molecule has 0 saturated carbocycles. The maximum atomic E-state index is 12.3. The van der Waals surface area contributed by atoms with Crippen molar-refractivity contribution in [2.24, 2.45) is 0 Å². The van der Waals surface area contributed by atoms with E-state index in [1.54, 1.807) is 40.8 Å². The molecule has 0 atom stereocenters. The fraction of sp³-hybridized carbons (Fsp3) is 0.273. The van der Waals surface area contributed by atoms with E-state index < -0.39 is 0 Å². The molecule has 0 aliphatic carbocycles. The van der Waals surface area contributed by atoms with E-state index in [4.69, 9.17) is 0 Å². The molecular formula is C22H22N4O2S. The molecule has 0 spiro atoms. The van der Waals surface area contributed by atoms with Crippen LogP contribution in [0.25, 0.3) is 11.3 Å². The van der Waals surface area contributed by atoms with Crippen molar-refractivity contribution in [1.29, 1.82) is 0 Å². The first kappa shape index (κ1) is 19.3. The van der Waals surface area contributed by atoms with E-state index in [1.165, 1.54) is 0 Å². The Labute approximate surface area is 173 Å². The predicted octanol–water partition coefficient (Wildman–Crippen LogP) is 3.69. The quantitative estimate of drug-likeness (QED) is 0.607. The highest BCUT2D eigenvalue weighted by molar-refractivity contribution is 7.09. The lowest BCUT2D eigenvalue weighted by Gasteiger charge is -2.15. The van der Waals surface area contributed by atoms with Crippen molar-refractivity contribution < 1.29 is 9.59 Å². The van der Waals surface area contributed by atoms with Gasteiger partial charge < -0.3 is 10.2 Å². The molecule has 1 aliphatic heterocycles. The molecule has 1 aromatic carbocycles. The van der Waals surface area contributed by atoms with Gasteiger partial charge in [0.1, 0.15) is 0 Å². The molecule has 3 heterocycles. The minimum Gasteiger partial charge on any atom is -0.352 e. The Kier molecular flexibility index (Phi) is 5.95. The first-order chi connectivity index (χ1) is 14.2. The number of aryl methyl sites for hydroxylation is 1. The standard InChI is InChI=1S/C22H22N4O2S/c27-21-4-2-14-26(21)18-7-5-17(6-8-18)22(28)24-11-1-3-20-25-19(15-29-20)16-9-12-23-13-10-16/h5-10,12-13,15H,1-4,11,14H2,(H,24,28). The molecule has 2 amide bonds. The van der Waals surface area contributed by atoms with E-state index in [0.29, 0.717) is 18.5 Å². The number of hydrogen-bond acceptors (Lipinski definition) is 5. The first-order valence-electron chi connectivity index (χ1n) is 9.74. The molecule has 2 aromatic heterocycles. The summed E-state index contributed by atoms with van der Waals surface area (Å²) in [6.07, 6.45) is 6.68. The molecular weight excluding hydrogens is 384 g/mol. The van der Waals surface area contributed by atoms with Gasteiger partial charge in [-0.25, -0.2) is 4.98 Å². The average Bonchev–Trinajstić information content (AvgIpc) is 3.41. The molecule has 148 valence electrons. The number of thiazole rings is 1. The highest BCUT2D eigenvalue weighted by Crippen LogP contribution is 2.22. The lowest BCUT2D eigenvalue weighted by atomic mass is 10.2. The zero-order valence-electron chi connectivity index (χ0n) is 16.0. The molecule has 0 bridgehead atoms. The topological polar surface area (TPSA) is 75.2 Å². The van der Waals surface area contributed by atoms with Crippen LogP contribution < -0.4 is 10.2 Å². The number of amides is 2. The zero-order chi connectivity index (χ0) is 20.1. The summed E-state index contributed by atoms with van der Waals surface area (Å²) in [5.74, 6) is 0.0531. The van der Waals surface area contributed by atoms with Crippen LogP contribution in [-0.4, -0.2) is 34.9 Å². The number of hydrogen-bond donors (Lipinski definition) is 1. The van der Waals surface area contributed by atoms with Crippen molar-refractivity contribution in [2.45, 2.75) is 25.7 Å². The van der Waals surface area contributed by atoms with Gasteiger partial charge in [-0.15, -0.1) is 11.3 Å². The maximum Gasteiger partial charge on any atom is 0.251 e. The largest absolute Gasteiger partial charge is 0.352 e. The van der Waals surface area contributed by atoms with E-state index >= 15 is 0 Å².